The second kappa shape index (κ2) is 6.05. The molecule has 0 spiro atoms. The van der Waals surface area contributed by atoms with Crippen LogP contribution in [-0.2, 0) is 14.1 Å². The monoisotopic (exact) mass is 332 g/mol. The minimum absolute atomic E-state index is 0.0552. The van der Waals surface area contributed by atoms with Crippen LogP contribution in [0.5, 0.6) is 0 Å². The maximum Gasteiger partial charge on any atom is 0.332 e. The topological polar surface area (TPSA) is 79.8 Å². The fourth-order valence-corrected chi connectivity index (χ4v) is 3.44. The Balaban J connectivity index is 2.65. The van der Waals surface area contributed by atoms with Gasteiger partial charge in [-0.25, -0.2) is 4.79 Å². The van der Waals surface area contributed by atoms with E-state index in [4.69, 9.17) is 0 Å². The lowest BCUT2D eigenvalue weighted by Crippen LogP contribution is -2.41. The van der Waals surface area contributed by atoms with Gasteiger partial charge < -0.3 is 5.32 Å². The van der Waals surface area contributed by atoms with Crippen molar-refractivity contribution in [2.45, 2.75) is 26.8 Å². The van der Waals surface area contributed by atoms with Gasteiger partial charge in [-0.1, -0.05) is 26.8 Å². The van der Waals surface area contributed by atoms with Crippen molar-refractivity contribution in [3.8, 4) is 6.07 Å². The molecular weight excluding hydrogens is 312 g/mol. The molecule has 1 atom stereocenters. The van der Waals surface area contributed by atoms with Crippen LogP contribution in [0.25, 0.3) is 0 Å². The lowest BCUT2D eigenvalue weighted by molar-refractivity contribution is 0.349. The highest BCUT2D eigenvalue weighted by Crippen LogP contribution is 2.37. The number of hydrogen-bond donors (Lipinski definition) is 1. The third-order valence-corrected chi connectivity index (χ3v) is 4.69. The minimum atomic E-state index is -0.586. The van der Waals surface area contributed by atoms with E-state index >= 15 is 0 Å². The van der Waals surface area contributed by atoms with Gasteiger partial charge in [0.15, 0.2) is 5.56 Å². The highest BCUT2D eigenvalue weighted by atomic mass is 32.1. The van der Waals surface area contributed by atoms with Gasteiger partial charge in [-0.05, 0) is 16.9 Å². The number of nitrogens with zero attached hydrogens (tertiary/aromatic N) is 3. The summed E-state index contributed by atoms with van der Waals surface area (Å²) in [7, 11) is 2.93. The second-order valence-electron chi connectivity index (χ2n) is 6.50. The molecule has 0 bridgehead atoms. The van der Waals surface area contributed by atoms with Crippen molar-refractivity contribution >= 4 is 17.2 Å². The molecular formula is C16H20N4O2S. The summed E-state index contributed by atoms with van der Waals surface area (Å²) >= 11 is 1.59. The SMILES string of the molecule is Cn1c(NC(c2cccs2)C(C)(C)C)c(C#N)c(=O)n(C)c1=O. The van der Waals surface area contributed by atoms with E-state index in [0.717, 1.165) is 9.44 Å². The highest BCUT2D eigenvalue weighted by molar-refractivity contribution is 7.10. The van der Waals surface area contributed by atoms with Crippen LogP contribution in [0.2, 0.25) is 0 Å². The zero-order valence-corrected chi connectivity index (χ0v) is 14.7. The van der Waals surface area contributed by atoms with Crippen molar-refractivity contribution < 1.29 is 0 Å². The van der Waals surface area contributed by atoms with Gasteiger partial charge in [0, 0.05) is 19.0 Å². The van der Waals surface area contributed by atoms with E-state index < -0.39 is 11.2 Å². The van der Waals surface area contributed by atoms with Gasteiger partial charge in [0.25, 0.3) is 5.56 Å². The summed E-state index contributed by atoms with van der Waals surface area (Å²) in [5, 5.41) is 14.6. The largest absolute Gasteiger partial charge is 0.362 e. The number of nitriles is 1. The van der Waals surface area contributed by atoms with Gasteiger partial charge in [0.05, 0.1) is 6.04 Å². The van der Waals surface area contributed by atoms with Crippen LogP contribution in [0.1, 0.15) is 37.3 Å². The Hall–Kier alpha value is -2.33. The summed E-state index contributed by atoms with van der Waals surface area (Å²) in [6.07, 6.45) is 0. The first kappa shape index (κ1) is 17.0. The van der Waals surface area contributed by atoms with E-state index in [2.05, 4.69) is 26.1 Å². The summed E-state index contributed by atoms with van der Waals surface area (Å²) < 4.78 is 2.26. The number of thiophene rings is 1. The number of hydrogen-bond acceptors (Lipinski definition) is 5. The van der Waals surface area contributed by atoms with Crippen LogP contribution < -0.4 is 16.6 Å². The molecule has 2 aromatic rings. The van der Waals surface area contributed by atoms with Crippen LogP contribution in [0, 0.1) is 16.7 Å². The molecule has 2 heterocycles. The Kier molecular flexibility index (Phi) is 4.48. The molecule has 0 aliphatic heterocycles. The standard InChI is InChI=1S/C16H20N4O2S/c1-16(2,3)12(11-7-6-8-23-11)18-13-10(9-17)14(21)20(5)15(22)19(13)4/h6-8,12,18H,1-5H3. The van der Waals surface area contributed by atoms with Gasteiger partial charge in [-0.15, -0.1) is 11.3 Å². The predicted molar refractivity (Wildman–Crippen MR) is 91.8 cm³/mol. The van der Waals surface area contributed by atoms with Crippen LogP contribution in [-0.4, -0.2) is 9.13 Å². The highest BCUT2D eigenvalue weighted by Gasteiger charge is 2.29. The third-order valence-electron chi connectivity index (χ3n) is 3.75. The smallest absolute Gasteiger partial charge is 0.332 e. The molecule has 122 valence electrons. The van der Waals surface area contributed by atoms with E-state index in [9.17, 15) is 14.9 Å². The van der Waals surface area contributed by atoms with Crippen molar-refractivity contribution in [2.75, 3.05) is 5.32 Å². The van der Waals surface area contributed by atoms with Crippen LogP contribution in [0.4, 0.5) is 5.82 Å². The summed E-state index contributed by atoms with van der Waals surface area (Å²) in [6, 6.07) is 5.74. The molecule has 6 nitrogen and oxygen atoms in total. The van der Waals surface area contributed by atoms with E-state index in [1.54, 1.807) is 18.4 Å². The Bertz CT molecular complexity index is 864. The molecule has 0 saturated carbocycles. The summed E-state index contributed by atoms with van der Waals surface area (Å²) in [4.78, 5) is 25.5. The molecule has 23 heavy (non-hydrogen) atoms. The summed E-state index contributed by atoms with van der Waals surface area (Å²) in [5.41, 5.74) is -1.28. The van der Waals surface area contributed by atoms with Gasteiger partial charge in [0.2, 0.25) is 0 Å². The molecule has 0 amide bonds. The van der Waals surface area contributed by atoms with Crippen LogP contribution >= 0.6 is 11.3 Å². The van der Waals surface area contributed by atoms with E-state index in [1.165, 1.54) is 11.6 Å². The quantitative estimate of drug-likeness (QED) is 0.934. The molecule has 0 saturated heterocycles. The normalized spacial score (nSPS) is 12.7. The zero-order valence-electron chi connectivity index (χ0n) is 13.9. The number of aromatic nitrogens is 2. The summed E-state index contributed by atoms with van der Waals surface area (Å²) in [6.45, 7) is 6.20. The average Bonchev–Trinajstić information content (AvgIpc) is 2.99. The fourth-order valence-electron chi connectivity index (χ4n) is 2.42. The zero-order chi connectivity index (χ0) is 17.4. The molecule has 7 heteroatoms. The van der Waals surface area contributed by atoms with Gasteiger partial charge >= 0.3 is 5.69 Å². The fraction of sp³-hybridized carbons (Fsp3) is 0.438. The number of nitrogens with one attached hydrogen (secondary N) is 1. The Morgan fingerprint density at radius 3 is 2.39 bits per heavy atom. The van der Waals surface area contributed by atoms with Gasteiger partial charge in [-0.2, -0.15) is 5.26 Å². The minimum Gasteiger partial charge on any atom is -0.362 e. The van der Waals surface area contributed by atoms with Crippen molar-refractivity contribution in [1.29, 1.82) is 5.26 Å². The van der Waals surface area contributed by atoms with E-state index in [0.29, 0.717) is 0 Å². The first-order valence-corrected chi connectivity index (χ1v) is 8.06. The van der Waals surface area contributed by atoms with Crippen molar-refractivity contribution in [2.24, 2.45) is 19.5 Å². The maximum atomic E-state index is 12.2. The number of anilines is 1. The van der Waals surface area contributed by atoms with Crippen molar-refractivity contribution in [3.63, 3.8) is 0 Å². The Morgan fingerprint density at radius 1 is 1.26 bits per heavy atom. The van der Waals surface area contributed by atoms with Gasteiger partial charge in [-0.3, -0.25) is 13.9 Å². The van der Waals surface area contributed by atoms with Crippen molar-refractivity contribution in [3.05, 3.63) is 48.8 Å². The van der Waals surface area contributed by atoms with E-state index in [1.807, 2.05) is 23.6 Å². The molecule has 1 N–H and O–H groups in total. The molecule has 2 rings (SSSR count). The average molecular weight is 332 g/mol. The first-order chi connectivity index (χ1) is 10.7. The lowest BCUT2D eigenvalue weighted by atomic mass is 9.85. The van der Waals surface area contributed by atoms with Crippen LogP contribution in [0.3, 0.4) is 0 Å². The molecule has 2 aromatic heterocycles. The van der Waals surface area contributed by atoms with Crippen molar-refractivity contribution in [1.82, 2.24) is 9.13 Å². The molecule has 0 aliphatic carbocycles. The Labute approximate surface area is 138 Å². The lowest BCUT2D eigenvalue weighted by Gasteiger charge is -2.32. The Morgan fingerprint density at radius 2 is 1.91 bits per heavy atom. The van der Waals surface area contributed by atoms with Gasteiger partial charge in [0.1, 0.15) is 11.9 Å². The number of rotatable bonds is 3. The maximum absolute atomic E-state index is 12.2. The molecule has 0 aromatic carbocycles. The molecule has 0 aliphatic rings. The van der Waals surface area contributed by atoms with E-state index in [-0.39, 0.29) is 22.8 Å². The second-order valence-corrected chi connectivity index (χ2v) is 7.48. The first-order valence-electron chi connectivity index (χ1n) is 7.18. The predicted octanol–water partition coefficient (Wildman–Crippen LogP) is 2.22. The molecule has 0 radical (unpaired) electrons. The summed E-state index contributed by atoms with van der Waals surface area (Å²) in [5.74, 6) is 0.258. The van der Waals surface area contributed by atoms with Crippen LogP contribution in [0.15, 0.2) is 27.1 Å². The molecule has 0 fully saturated rings. The third kappa shape index (κ3) is 3.08. The molecule has 1 unspecified atom stereocenters.